The van der Waals surface area contributed by atoms with Gasteiger partial charge in [-0.2, -0.15) is 14.6 Å². The van der Waals surface area contributed by atoms with Gasteiger partial charge in [-0.15, -0.1) is 0 Å². The van der Waals surface area contributed by atoms with E-state index in [1.165, 1.54) is 13.0 Å². The van der Waals surface area contributed by atoms with Gasteiger partial charge in [-0.3, -0.25) is 10.1 Å². The number of rotatable bonds is 8. The molecule has 8 nitrogen and oxygen atoms in total. The number of anilines is 1. The number of carbonyl (C=O) groups is 1. The Kier molecular flexibility index (Phi) is 7.58. The van der Waals surface area contributed by atoms with Crippen LogP contribution in [0.5, 0.6) is 5.75 Å². The van der Waals surface area contributed by atoms with Crippen LogP contribution >= 0.6 is 23.1 Å². The number of aromatic nitrogens is 2. The van der Waals surface area contributed by atoms with Crippen molar-refractivity contribution in [1.29, 1.82) is 5.26 Å². The summed E-state index contributed by atoms with van der Waals surface area (Å²) >= 11 is 6.59. The summed E-state index contributed by atoms with van der Waals surface area (Å²) in [5.41, 5.74) is 1.41. The van der Waals surface area contributed by atoms with Crippen LogP contribution in [0.15, 0.2) is 59.3 Å². The summed E-state index contributed by atoms with van der Waals surface area (Å²) in [7, 11) is -3.58. The van der Waals surface area contributed by atoms with E-state index in [0.717, 1.165) is 17.1 Å². The molecule has 1 aromatic heterocycles. The van der Waals surface area contributed by atoms with Crippen molar-refractivity contribution >= 4 is 50.1 Å². The normalized spacial score (nSPS) is 11.6. The van der Waals surface area contributed by atoms with Gasteiger partial charge in [-0.1, -0.05) is 42.8 Å². The van der Waals surface area contributed by atoms with Crippen LogP contribution in [0, 0.1) is 11.3 Å². The molecule has 0 aliphatic rings. The maximum Gasteiger partial charge on any atom is 0.268 e. The standard InChI is InChI=1S/C21H17ClN4O4S2/c1-2-32(28,29)21-25-20(31-26-21)24-19(27)16(12-23)11-14-5-9-18(10-6-14)30-13-15-3-7-17(22)8-4-15/h3-11H,2,13H2,1H3,(H,24,25,26,27)/b16-11-. The molecule has 32 heavy (non-hydrogen) atoms. The van der Waals surface area contributed by atoms with Crippen LogP contribution in [-0.4, -0.2) is 29.4 Å². The Morgan fingerprint density at radius 1 is 1.22 bits per heavy atom. The van der Waals surface area contributed by atoms with E-state index < -0.39 is 15.7 Å². The number of carbonyl (C=O) groups excluding carboxylic acids is 1. The van der Waals surface area contributed by atoms with Crippen LogP contribution < -0.4 is 10.1 Å². The van der Waals surface area contributed by atoms with Gasteiger partial charge in [-0.25, -0.2) is 8.42 Å². The maximum atomic E-state index is 12.4. The molecule has 1 N–H and O–H groups in total. The summed E-state index contributed by atoms with van der Waals surface area (Å²) in [4.78, 5) is 16.2. The summed E-state index contributed by atoms with van der Waals surface area (Å²) in [6.45, 7) is 1.84. The highest BCUT2D eigenvalue weighted by Gasteiger charge is 2.20. The average molecular weight is 489 g/mol. The van der Waals surface area contributed by atoms with Gasteiger partial charge >= 0.3 is 0 Å². The van der Waals surface area contributed by atoms with Gasteiger partial charge in [0.2, 0.25) is 15.0 Å². The molecule has 0 aliphatic heterocycles. The largest absolute Gasteiger partial charge is 0.489 e. The van der Waals surface area contributed by atoms with Crippen LogP contribution in [0.2, 0.25) is 5.02 Å². The van der Waals surface area contributed by atoms with Crippen molar-refractivity contribution in [1.82, 2.24) is 9.36 Å². The van der Waals surface area contributed by atoms with Crippen molar-refractivity contribution in [2.45, 2.75) is 18.7 Å². The van der Waals surface area contributed by atoms with Crippen LogP contribution in [0.4, 0.5) is 5.13 Å². The fraction of sp³-hybridized carbons (Fsp3) is 0.143. The molecule has 0 saturated carbocycles. The highest BCUT2D eigenvalue weighted by Crippen LogP contribution is 2.19. The van der Waals surface area contributed by atoms with E-state index >= 15 is 0 Å². The Hall–Kier alpha value is -3.26. The van der Waals surface area contributed by atoms with E-state index in [1.54, 1.807) is 36.4 Å². The monoisotopic (exact) mass is 488 g/mol. The molecule has 0 atom stereocenters. The number of nitriles is 1. The summed E-state index contributed by atoms with van der Waals surface area (Å²) in [5.74, 6) is -0.245. The van der Waals surface area contributed by atoms with Crippen LogP contribution in [0.1, 0.15) is 18.1 Å². The predicted octanol–water partition coefficient (Wildman–Crippen LogP) is 4.11. The molecule has 3 aromatic rings. The second-order valence-electron chi connectivity index (χ2n) is 6.39. The van der Waals surface area contributed by atoms with Gasteiger partial charge in [0.05, 0.1) is 5.75 Å². The number of amides is 1. The Labute approximate surface area is 194 Å². The zero-order valence-corrected chi connectivity index (χ0v) is 19.2. The Balaban J connectivity index is 1.64. The molecule has 3 rings (SSSR count). The third-order valence-electron chi connectivity index (χ3n) is 4.16. The van der Waals surface area contributed by atoms with Gasteiger partial charge in [0.1, 0.15) is 24.0 Å². The highest BCUT2D eigenvalue weighted by atomic mass is 35.5. The summed E-state index contributed by atoms with van der Waals surface area (Å²) in [5, 5.41) is 12.0. The molecule has 1 heterocycles. The first-order valence-corrected chi connectivity index (χ1v) is 12.1. The van der Waals surface area contributed by atoms with Gasteiger partial charge in [0, 0.05) is 16.6 Å². The molecule has 2 aromatic carbocycles. The SMILES string of the molecule is CCS(=O)(=O)c1nsc(NC(=O)/C(C#N)=C\c2ccc(OCc3ccc(Cl)cc3)cc2)n1. The van der Waals surface area contributed by atoms with Crippen molar-refractivity contribution in [3.63, 3.8) is 0 Å². The number of nitrogens with zero attached hydrogens (tertiary/aromatic N) is 3. The van der Waals surface area contributed by atoms with E-state index in [1.807, 2.05) is 18.2 Å². The minimum absolute atomic E-state index is 0.00544. The van der Waals surface area contributed by atoms with Gasteiger partial charge in [0.25, 0.3) is 11.1 Å². The zero-order chi connectivity index (χ0) is 23.1. The Morgan fingerprint density at radius 2 is 1.91 bits per heavy atom. The quantitative estimate of drug-likeness (QED) is 0.374. The molecule has 11 heteroatoms. The number of hydrogen-bond acceptors (Lipinski definition) is 8. The number of halogens is 1. The van der Waals surface area contributed by atoms with Crippen molar-refractivity contribution in [3.8, 4) is 11.8 Å². The first-order valence-electron chi connectivity index (χ1n) is 9.27. The molecule has 164 valence electrons. The first kappa shape index (κ1) is 23.4. The van der Waals surface area contributed by atoms with Gasteiger partial charge in [-0.05, 0) is 41.5 Å². The second kappa shape index (κ2) is 10.4. The van der Waals surface area contributed by atoms with E-state index in [9.17, 15) is 18.5 Å². The molecule has 0 bridgehead atoms. The third-order valence-corrected chi connectivity index (χ3v) is 6.66. The molecule has 0 saturated heterocycles. The summed E-state index contributed by atoms with van der Waals surface area (Å²) in [6.07, 6.45) is 1.41. The topological polar surface area (TPSA) is 122 Å². The van der Waals surface area contributed by atoms with Crippen molar-refractivity contribution in [2.75, 3.05) is 11.1 Å². The smallest absolute Gasteiger partial charge is 0.268 e. The molecular formula is C21H17ClN4O4S2. The number of benzene rings is 2. The minimum Gasteiger partial charge on any atom is -0.489 e. The van der Waals surface area contributed by atoms with E-state index in [-0.39, 0.29) is 21.6 Å². The molecule has 1 amide bonds. The lowest BCUT2D eigenvalue weighted by atomic mass is 10.1. The molecule has 0 spiro atoms. The van der Waals surface area contributed by atoms with Crippen LogP contribution in [-0.2, 0) is 21.2 Å². The summed E-state index contributed by atoms with van der Waals surface area (Å²) in [6, 6.07) is 16.0. The van der Waals surface area contributed by atoms with Crippen molar-refractivity contribution in [3.05, 3.63) is 70.3 Å². The fourth-order valence-corrected chi connectivity index (χ4v) is 4.11. The lowest BCUT2D eigenvalue weighted by Gasteiger charge is -2.07. The number of hydrogen-bond donors (Lipinski definition) is 1. The summed E-state index contributed by atoms with van der Waals surface area (Å²) < 4.78 is 33.0. The molecule has 0 unspecified atom stereocenters. The minimum atomic E-state index is -3.58. The molecular weight excluding hydrogens is 472 g/mol. The zero-order valence-electron chi connectivity index (χ0n) is 16.8. The van der Waals surface area contributed by atoms with E-state index in [2.05, 4.69) is 14.7 Å². The lowest BCUT2D eigenvalue weighted by Crippen LogP contribution is -2.13. The molecule has 0 aliphatic carbocycles. The lowest BCUT2D eigenvalue weighted by molar-refractivity contribution is -0.112. The maximum absolute atomic E-state index is 12.4. The second-order valence-corrected chi connectivity index (χ2v) is 9.75. The predicted molar refractivity (Wildman–Crippen MR) is 122 cm³/mol. The number of sulfone groups is 1. The van der Waals surface area contributed by atoms with Gasteiger partial charge < -0.3 is 4.74 Å². The Morgan fingerprint density at radius 3 is 2.53 bits per heavy atom. The van der Waals surface area contributed by atoms with Gasteiger partial charge in [0.15, 0.2) is 0 Å². The van der Waals surface area contributed by atoms with Crippen LogP contribution in [0.3, 0.4) is 0 Å². The molecule has 0 radical (unpaired) electrons. The van der Waals surface area contributed by atoms with Crippen LogP contribution in [0.25, 0.3) is 6.08 Å². The number of nitrogens with one attached hydrogen (secondary N) is 1. The van der Waals surface area contributed by atoms with E-state index in [0.29, 0.717) is 22.9 Å². The van der Waals surface area contributed by atoms with Crippen molar-refractivity contribution < 1.29 is 17.9 Å². The van der Waals surface area contributed by atoms with E-state index in [4.69, 9.17) is 16.3 Å². The first-order chi connectivity index (χ1) is 15.3. The fourth-order valence-electron chi connectivity index (χ4n) is 2.40. The highest BCUT2D eigenvalue weighted by molar-refractivity contribution is 7.91. The molecule has 0 fully saturated rings. The van der Waals surface area contributed by atoms with Crippen molar-refractivity contribution in [2.24, 2.45) is 0 Å². The third kappa shape index (κ3) is 6.13. The Bertz CT molecular complexity index is 1280. The average Bonchev–Trinajstić information content (AvgIpc) is 3.27. The number of ether oxygens (including phenoxy) is 1.